The van der Waals surface area contributed by atoms with E-state index in [0.29, 0.717) is 11.4 Å². The van der Waals surface area contributed by atoms with E-state index in [1.54, 1.807) is 0 Å². The summed E-state index contributed by atoms with van der Waals surface area (Å²) >= 11 is 9.75. The van der Waals surface area contributed by atoms with Crippen molar-refractivity contribution in [3.63, 3.8) is 0 Å². The lowest BCUT2D eigenvalue weighted by atomic mass is 9.96. The lowest BCUT2D eigenvalue weighted by Crippen LogP contribution is -2.12. The molecule has 98 valence electrons. The van der Waals surface area contributed by atoms with Crippen molar-refractivity contribution in [1.29, 1.82) is 0 Å². The number of benzene rings is 1. The van der Waals surface area contributed by atoms with Gasteiger partial charge in [-0.05, 0) is 44.0 Å². The Morgan fingerprint density at radius 2 is 2.05 bits per heavy atom. The van der Waals surface area contributed by atoms with Gasteiger partial charge < -0.3 is 4.57 Å². The first kappa shape index (κ1) is 12.9. The van der Waals surface area contributed by atoms with Crippen molar-refractivity contribution < 1.29 is 4.79 Å². The molecule has 2 aromatic rings. The molecule has 1 aliphatic carbocycles. The van der Waals surface area contributed by atoms with Gasteiger partial charge in [0.1, 0.15) is 0 Å². The van der Waals surface area contributed by atoms with Crippen LogP contribution in [0.4, 0.5) is 0 Å². The molecule has 0 atom stereocenters. The van der Waals surface area contributed by atoms with Gasteiger partial charge in [0.05, 0.1) is 10.7 Å². The number of fused-ring (bicyclic) bond motifs is 1. The van der Waals surface area contributed by atoms with Crippen LogP contribution in [-0.4, -0.2) is 10.4 Å². The zero-order valence-corrected chi connectivity index (χ0v) is 12.9. The number of hydrogen-bond donors (Lipinski definition) is 0. The van der Waals surface area contributed by atoms with Crippen molar-refractivity contribution in [2.45, 2.75) is 26.2 Å². The summed E-state index contributed by atoms with van der Waals surface area (Å²) < 4.78 is 3.07. The first-order chi connectivity index (χ1) is 9.08. The highest BCUT2D eigenvalue weighted by atomic mass is 79.9. The van der Waals surface area contributed by atoms with Gasteiger partial charge in [-0.2, -0.15) is 0 Å². The normalized spacial score (nSPS) is 14.6. The second-order valence-corrected chi connectivity index (χ2v) is 6.18. The number of aryl methyl sites for hydroxylation is 1. The van der Waals surface area contributed by atoms with Crippen molar-refractivity contribution in [3.8, 4) is 5.69 Å². The number of aromatic nitrogens is 1. The molecule has 1 aromatic carbocycles. The summed E-state index contributed by atoms with van der Waals surface area (Å²) in [6.07, 6.45) is 2.51. The molecule has 1 aliphatic rings. The molecule has 4 heteroatoms. The molecule has 0 unspecified atom stereocenters. The van der Waals surface area contributed by atoms with Gasteiger partial charge in [-0.15, -0.1) is 0 Å². The highest BCUT2D eigenvalue weighted by Gasteiger charge is 2.23. The molecule has 0 spiro atoms. The van der Waals surface area contributed by atoms with E-state index in [4.69, 9.17) is 11.6 Å². The number of Topliss-reactive ketones (excluding diaryl/α,β-unsaturated/α-hetero) is 1. The second-order valence-electron chi connectivity index (χ2n) is 4.85. The summed E-state index contributed by atoms with van der Waals surface area (Å²) in [7, 11) is 0. The quantitative estimate of drug-likeness (QED) is 0.737. The Bertz CT molecular complexity index is 675. The highest BCUT2D eigenvalue weighted by molar-refractivity contribution is 9.10. The summed E-state index contributed by atoms with van der Waals surface area (Å²) in [5.41, 5.74) is 3.96. The molecule has 1 aromatic heterocycles. The van der Waals surface area contributed by atoms with Gasteiger partial charge in [-0.1, -0.05) is 27.5 Å². The Kier molecular flexibility index (Phi) is 3.27. The lowest BCUT2D eigenvalue weighted by Gasteiger charge is -2.17. The van der Waals surface area contributed by atoms with E-state index >= 15 is 0 Å². The van der Waals surface area contributed by atoms with Crippen LogP contribution in [0.25, 0.3) is 5.69 Å². The molecular weight excluding hydrogens is 326 g/mol. The Morgan fingerprint density at radius 3 is 2.79 bits per heavy atom. The molecule has 1 heterocycles. The molecule has 0 saturated carbocycles. The monoisotopic (exact) mass is 337 g/mol. The van der Waals surface area contributed by atoms with Crippen LogP contribution in [0, 0.1) is 6.92 Å². The van der Waals surface area contributed by atoms with Crippen LogP contribution >= 0.6 is 27.5 Å². The Labute approximate surface area is 125 Å². The zero-order valence-electron chi connectivity index (χ0n) is 10.5. The maximum Gasteiger partial charge on any atom is 0.164 e. The standard InChI is InChI=1S/C15H13BrClNO/c1-9-7-11-13(3-2-4-15(11)19)18(9)14-6-5-10(16)8-12(14)17/h5-8H,2-4H2,1H3. The van der Waals surface area contributed by atoms with Crippen LogP contribution in [0.2, 0.25) is 5.02 Å². The molecule has 0 N–H and O–H groups in total. The summed E-state index contributed by atoms with van der Waals surface area (Å²) in [6.45, 7) is 2.02. The fraction of sp³-hybridized carbons (Fsp3) is 0.267. The van der Waals surface area contributed by atoms with E-state index in [-0.39, 0.29) is 5.78 Å². The van der Waals surface area contributed by atoms with Crippen LogP contribution in [-0.2, 0) is 6.42 Å². The number of halogens is 2. The molecule has 0 amide bonds. The zero-order chi connectivity index (χ0) is 13.6. The van der Waals surface area contributed by atoms with Crippen LogP contribution in [0.1, 0.15) is 34.6 Å². The first-order valence-corrected chi connectivity index (χ1v) is 7.45. The van der Waals surface area contributed by atoms with Crippen LogP contribution in [0.5, 0.6) is 0 Å². The van der Waals surface area contributed by atoms with Gasteiger partial charge in [0.15, 0.2) is 5.78 Å². The topological polar surface area (TPSA) is 22.0 Å². The van der Waals surface area contributed by atoms with Gasteiger partial charge >= 0.3 is 0 Å². The van der Waals surface area contributed by atoms with E-state index < -0.39 is 0 Å². The van der Waals surface area contributed by atoms with Crippen LogP contribution in [0.3, 0.4) is 0 Å². The molecular formula is C15H13BrClNO. The minimum Gasteiger partial charge on any atom is -0.316 e. The largest absolute Gasteiger partial charge is 0.316 e. The molecule has 19 heavy (non-hydrogen) atoms. The molecule has 0 fully saturated rings. The van der Waals surface area contributed by atoms with Crippen LogP contribution < -0.4 is 0 Å². The van der Waals surface area contributed by atoms with Gasteiger partial charge in [0.2, 0.25) is 0 Å². The fourth-order valence-electron chi connectivity index (χ4n) is 2.73. The lowest BCUT2D eigenvalue weighted by molar-refractivity contribution is 0.0972. The Hall–Kier alpha value is -1.06. The molecule has 0 saturated heterocycles. The highest BCUT2D eigenvalue weighted by Crippen LogP contribution is 2.32. The number of carbonyl (C=O) groups excluding carboxylic acids is 1. The third kappa shape index (κ3) is 2.15. The maximum atomic E-state index is 12.0. The third-order valence-electron chi connectivity index (χ3n) is 3.56. The van der Waals surface area contributed by atoms with E-state index in [1.807, 2.05) is 31.2 Å². The SMILES string of the molecule is Cc1cc2c(n1-c1ccc(Br)cc1Cl)CCCC2=O. The average molecular weight is 339 g/mol. The maximum absolute atomic E-state index is 12.0. The summed E-state index contributed by atoms with van der Waals surface area (Å²) in [5.74, 6) is 0.247. The molecule has 0 radical (unpaired) electrons. The number of nitrogens with zero attached hydrogens (tertiary/aromatic N) is 1. The minimum atomic E-state index is 0.247. The second kappa shape index (κ2) is 4.80. The molecule has 3 rings (SSSR count). The van der Waals surface area contributed by atoms with Crippen molar-refractivity contribution in [1.82, 2.24) is 4.57 Å². The molecule has 0 bridgehead atoms. The number of rotatable bonds is 1. The summed E-state index contributed by atoms with van der Waals surface area (Å²) in [6, 6.07) is 7.82. The number of ketones is 1. The predicted molar refractivity (Wildman–Crippen MR) is 80.5 cm³/mol. The van der Waals surface area contributed by atoms with E-state index in [0.717, 1.165) is 40.0 Å². The van der Waals surface area contributed by atoms with Gasteiger partial charge in [0.25, 0.3) is 0 Å². The number of hydrogen-bond acceptors (Lipinski definition) is 1. The van der Waals surface area contributed by atoms with Crippen molar-refractivity contribution in [2.75, 3.05) is 0 Å². The minimum absolute atomic E-state index is 0.247. The van der Waals surface area contributed by atoms with E-state index in [2.05, 4.69) is 20.5 Å². The van der Waals surface area contributed by atoms with E-state index in [9.17, 15) is 4.79 Å². The molecule has 0 aliphatic heterocycles. The predicted octanol–water partition coefficient (Wildman–Crippen LogP) is 4.72. The average Bonchev–Trinajstić information content (AvgIpc) is 2.68. The van der Waals surface area contributed by atoms with Crippen LogP contribution in [0.15, 0.2) is 28.7 Å². The van der Waals surface area contributed by atoms with Gasteiger partial charge in [0, 0.05) is 27.8 Å². The first-order valence-electron chi connectivity index (χ1n) is 6.28. The van der Waals surface area contributed by atoms with E-state index in [1.165, 1.54) is 0 Å². The van der Waals surface area contributed by atoms with Crippen molar-refractivity contribution in [2.24, 2.45) is 0 Å². The Morgan fingerprint density at radius 1 is 1.26 bits per heavy atom. The van der Waals surface area contributed by atoms with Gasteiger partial charge in [-0.25, -0.2) is 0 Å². The van der Waals surface area contributed by atoms with Gasteiger partial charge in [-0.3, -0.25) is 4.79 Å². The summed E-state index contributed by atoms with van der Waals surface area (Å²) in [5, 5.41) is 0.689. The third-order valence-corrected chi connectivity index (χ3v) is 4.35. The fourth-order valence-corrected chi connectivity index (χ4v) is 3.48. The smallest absolute Gasteiger partial charge is 0.164 e. The number of carbonyl (C=O) groups is 1. The van der Waals surface area contributed by atoms with Crippen molar-refractivity contribution in [3.05, 3.63) is 50.7 Å². The van der Waals surface area contributed by atoms with Crippen molar-refractivity contribution >= 4 is 33.3 Å². The summed E-state index contributed by atoms with van der Waals surface area (Å²) in [4.78, 5) is 12.0. The Balaban J connectivity index is 2.23. The molecule has 2 nitrogen and oxygen atoms in total.